The van der Waals surface area contributed by atoms with Gasteiger partial charge in [-0.25, -0.2) is 4.79 Å². The molecule has 0 spiro atoms. The largest absolute Gasteiger partial charge is 0.462 e. The summed E-state index contributed by atoms with van der Waals surface area (Å²) in [7, 11) is 0. The highest BCUT2D eigenvalue weighted by atomic mass is 32.2. The molecule has 1 fully saturated rings. The molecule has 2 aromatic heterocycles. The molecule has 0 atom stereocenters. The highest BCUT2D eigenvalue weighted by molar-refractivity contribution is 8.18. The first-order valence-corrected chi connectivity index (χ1v) is 11.4. The number of nitrogens with zero attached hydrogens (tertiary/aromatic N) is 2. The van der Waals surface area contributed by atoms with Crippen LogP contribution < -0.4 is 0 Å². The third-order valence-electron chi connectivity index (χ3n) is 5.15. The van der Waals surface area contributed by atoms with Crippen molar-refractivity contribution in [3.05, 3.63) is 43.9 Å². The molecule has 1 aliphatic rings. The van der Waals surface area contributed by atoms with Gasteiger partial charge in [0, 0.05) is 22.3 Å². The number of rotatable bonds is 5. The maximum absolute atomic E-state index is 12.6. The summed E-state index contributed by atoms with van der Waals surface area (Å²) in [6, 6.07) is 1.79. The number of aryl methyl sites for hydroxylation is 2. The van der Waals surface area contributed by atoms with Crippen molar-refractivity contribution in [3.63, 3.8) is 0 Å². The molecule has 3 heterocycles. The Bertz CT molecular complexity index is 1080. The monoisotopic (exact) mass is 446 g/mol. The van der Waals surface area contributed by atoms with Crippen LogP contribution in [0.4, 0.5) is 4.79 Å². The normalized spacial score (nSPS) is 15.7. The van der Waals surface area contributed by atoms with E-state index in [9.17, 15) is 14.4 Å². The van der Waals surface area contributed by atoms with Crippen molar-refractivity contribution in [2.24, 2.45) is 0 Å². The van der Waals surface area contributed by atoms with Gasteiger partial charge in [-0.1, -0.05) is 0 Å². The first kappa shape index (κ1) is 22.4. The van der Waals surface area contributed by atoms with E-state index < -0.39 is 0 Å². The number of amides is 2. The van der Waals surface area contributed by atoms with Crippen LogP contribution in [0.1, 0.15) is 58.5 Å². The molecule has 1 saturated heterocycles. The highest BCUT2D eigenvalue weighted by Gasteiger charge is 2.37. The summed E-state index contributed by atoms with van der Waals surface area (Å²) >= 11 is 2.51. The van der Waals surface area contributed by atoms with E-state index in [1.165, 1.54) is 4.90 Å². The number of ether oxygens (including phenoxy) is 1. The van der Waals surface area contributed by atoms with E-state index in [0.717, 1.165) is 44.2 Å². The number of thiophene rings is 1. The van der Waals surface area contributed by atoms with Crippen LogP contribution in [0.15, 0.2) is 11.0 Å². The van der Waals surface area contributed by atoms with Crippen LogP contribution in [-0.2, 0) is 9.53 Å². The first-order chi connectivity index (χ1) is 14.1. The Kier molecular flexibility index (Phi) is 6.29. The fourth-order valence-corrected chi connectivity index (χ4v) is 5.73. The second kappa shape index (κ2) is 8.43. The van der Waals surface area contributed by atoms with Gasteiger partial charge in [0.25, 0.3) is 11.1 Å². The molecule has 0 bridgehead atoms. The molecular formula is C22H26N2O4S2. The maximum atomic E-state index is 12.6. The molecule has 0 unspecified atom stereocenters. The van der Waals surface area contributed by atoms with Gasteiger partial charge in [0.05, 0.1) is 17.1 Å². The number of aromatic nitrogens is 1. The summed E-state index contributed by atoms with van der Waals surface area (Å²) in [5.74, 6) is -0.596. The van der Waals surface area contributed by atoms with E-state index in [1.54, 1.807) is 24.3 Å². The minimum absolute atomic E-state index is 0.181. The lowest BCUT2D eigenvalue weighted by Crippen LogP contribution is -2.34. The van der Waals surface area contributed by atoms with Gasteiger partial charge in [-0.15, -0.1) is 11.3 Å². The molecule has 0 saturated carbocycles. The van der Waals surface area contributed by atoms with E-state index in [4.69, 9.17) is 4.74 Å². The lowest BCUT2D eigenvalue weighted by molar-refractivity contribution is -0.123. The summed E-state index contributed by atoms with van der Waals surface area (Å²) < 4.78 is 7.31. The molecular weight excluding hydrogens is 420 g/mol. The zero-order valence-electron chi connectivity index (χ0n) is 18.3. The van der Waals surface area contributed by atoms with E-state index in [-0.39, 0.29) is 23.2 Å². The van der Waals surface area contributed by atoms with Crippen LogP contribution in [0.25, 0.3) is 11.1 Å². The molecule has 2 amide bonds. The van der Waals surface area contributed by atoms with Crippen molar-refractivity contribution in [2.75, 3.05) is 6.61 Å². The molecule has 0 aromatic carbocycles. The summed E-state index contributed by atoms with van der Waals surface area (Å²) in [5.41, 5.74) is 4.18. The van der Waals surface area contributed by atoms with Crippen LogP contribution in [0, 0.1) is 27.7 Å². The lowest BCUT2D eigenvalue weighted by atomic mass is 10.1. The zero-order valence-corrected chi connectivity index (χ0v) is 19.9. The molecule has 6 nitrogen and oxygen atoms in total. The summed E-state index contributed by atoms with van der Waals surface area (Å²) in [4.78, 5) is 40.2. The average molecular weight is 447 g/mol. The van der Waals surface area contributed by atoms with E-state index in [0.29, 0.717) is 17.1 Å². The predicted molar refractivity (Wildman–Crippen MR) is 121 cm³/mol. The molecule has 3 rings (SSSR count). The number of hydrogen-bond donors (Lipinski definition) is 0. The molecule has 0 radical (unpaired) electrons. The van der Waals surface area contributed by atoms with Gasteiger partial charge in [-0.05, 0) is 83.5 Å². The van der Waals surface area contributed by atoms with Crippen LogP contribution in [0.3, 0.4) is 0 Å². The van der Waals surface area contributed by atoms with Gasteiger partial charge >= 0.3 is 5.97 Å². The summed E-state index contributed by atoms with van der Waals surface area (Å²) in [6.07, 6.45) is 1.77. The second-order valence-corrected chi connectivity index (χ2v) is 9.69. The van der Waals surface area contributed by atoms with Gasteiger partial charge in [0.15, 0.2) is 0 Å². The van der Waals surface area contributed by atoms with Gasteiger partial charge in [-0.3, -0.25) is 14.5 Å². The molecule has 2 aromatic rings. The SMILES string of the molecule is CCOC(=O)c1c(-n2c(C)cc(/C=C3/SC(=O)N(C(C)C)C3=O)c2C)sc(C)c1C. The molecule has 30 heavy (non-hydrogen) atoms. The third kappa shape index (κ3) is 3.74. The van der Waals surface area contributed by atoms with Crippen molar-refractivity contribution in [1.82, 2.24) is 9.47 Å². The molecule has 160 valence electrons. The molecule has 0 N–H and O–H groups in total. The lowest BCUT2D eigenvalue weighted by Gasteiger charge is -2.16. The Labute approximate surface area is 184 Å². The van der Waals surface area contributed by atoms with Crippen molar-refractivity contribution in [1.29, 1.82) is 0 Å². The third-order valence-corrected chi connectivity index (χ3v) is 7.22. The summed E-state index contributed by atoms with van der Waals surface area (Å²) in [6.45, 7) is 13.6. The Balaban J connectivity index is 2.09. The number of esters is 1. The fraction of sp³-hybridized carbons (Fsp3) is 0.409. The maximum Gasteiger partial charge on any atom is 0.341 e. The minimum Gasteiger partial charge on any atom is -0.462 e. The number of hydrogen-bond acceptors (Lipinski definition) is 6. The number of carbonyl (C=O) groups is 3. The average Bonchev–Trinajstić information content (AvgIpc) is 3.20. The number of carbonyl (C=O) groups excluding carboxylic acids is 3. The molecule has 0 aliphatic carbocycles. The number of imide groups is 1. The fourth-order valence-electron chi connectivity index (χ4n) is 3.52. The quantitative estimate of drug-likeness (QED) is 0.455. The Morgan fingerprint density at radius 1 is 1.20 bits per heavy atom. The topological polar surface area (TPSA) is 68.6 Å². The Hall–Kier alpha value is -2.32. The van der Waals surface area contributed by atoms with E-state index in [1.807, 2.05) is 52.2 Å². The van der Waals surface area contributed by atoms with E-state index >= 15 is 0 Å². The van der Waals surface area contributed by atoms with Crippen molar-refractivity contribution >= 4 is 46.3 Å². The van der Waals surface area contributed by atoms with Crippen molar-refractivity contribution < 1.29 is 19.1 Å². The van der Waals surface area contributed by atoms with E-state index in [2.05, 4.69) is 0 Å². The van der Waals surface area contributed by atoms with Crippen LogP contribution >= 0.6 is 23.1 Å². The smallest absolute Gasteiger partial charge is 0.341 e. The van der Waals surface area contributed by atoms with Gasteiger partial charge in [0.1, 0.15) is 5.00 Å². The zero-order chi connectivity index (χ0) is 22.3. The Morgan fingerprint density at radius 3 is 2.43 bits per heavy atom. The predicted octanol–water partition coefficient (Wildman–Crippen LogP) is 5.39. The van der Waals surface area contributed by atoms with Crippen molar-refractivity contribution in [2.45, 2.75) is 54.5 Å². The summed E-state index contributed by atoms with van der Waals surface area (Å²) in [5, 5.41) is 0.567. The van der Waals surface area contributed by atoms with Crippen molar-refractivity contribution in [3.8, 4) is 5.00 Å². The van der Waals surface area contributed by atoms with Gasteiger partial charge in [-0.2, -0.15) is 0 Å². The van der Waals surface area contributed by atoms with Gasteiger partial charge < -0.3 is 9.30 Å². The van der Waals surface area contributed by atoms with Crippen LogP contribution in [0.2, 0.25) is 0 Å². The second-order valence-electron chi connectivity index (χ2n) is 7.49. The Morgan fingerprint density at radius 2 is 1.87 bits per heavy atom. The first-order valence-electron chi connectivity index (χ1n) is 9.81. The van der Waals surface area contributed by atoms with Crippen LogP contribution in [0.5, 0.6) is 0 Å². The highest BCUT2D eigenvalue weighted by Crippen LogP contribution is 2.37. The van der Waals surface area contributed by atoms with Gasteiger partial charge in [0.2, 0.25) is 0 Å². The molecule has 8 heteroatoms. The number of thioether (sulfide) groups is 1. The minimum atomic E-state index is -0.332. The standard InChI is InChI=1S/C22H26N2O4S2/c1-8-28-21(26)18-13(5)15(7)29-20(18)24-12(4)9-16(14(24)6)10-17-19(25)23(11(2)3)22(27)30-17/h9-11H,8H2,1-7H3/b17-10+. The molecule has 1 aliphatic heterocycles. The van der Waals surface area contributed by atoms with Crippen LogP contribution in [-0.4, -0.2) is 39.2 Å².